The predicted octanol–water partition coefficient (Wildman–Crippen LogP) is 1.31. The van der Waals surface area contributed by atoms with Crippen molar-refractivity contribution in [3.63, 3.8) is 0 Å². The molecule has 0 aromatic heterocycles. The van der Waals surface area contributed by atoms with Crippen LogP contribution in [0, 0.1) is 0 Å². The molecule has 0 aromatic rings. The molecule has 3 nitrogen and oxygen atoms in total. The van der Waals surface area contributed by atoms with E-state index < -0.39 is 6.10 Å². The summed E-state index contributed by atoms with van der Waals surface area (Å²) in [6, 6.07) is -0.314. The van der Waals surface area contributed by atoms with E-state index in [2.05, 4.69) is 11.9 Å². The van der Waals surface area contributed by atoms with Crippen molar-refractivity contribution in [1.82, 2.24) is 5.32 Å². The topological polar surface area (TPSA) is 49.3 Å². The first-order valence-electron chi connectivity index (χ1n) is 5.03. The fourth-order valence-electron chi connectivity index (χ4n) is 1.88. The third-order valence-electron chi connectivity index (χ3n) is 2.47. The maximum Gasteiger partial charge on any atom is 0.217 e. The van der Waals surface area contributed by atoms with Crippen molar-refractivity contribution < 1.29 is 9.90 Å². The molecule has 82 valence electrons. The summed E-state index contributed by atoms with van der Waals surface area (Å²) in [5.41, 5.74) is 1.95. The number of aliphatic hydroxyl groups is 1. The van der Waals surface area contributed by atoms with Crippen LogP contribution in [0.1, 0.15) is 20.3 Å². The number of hydrogen-bond donors (Lipinski definition) is 2. The van der Waals surface area contributed by atoms with Crippen LogP contribution < -0.4 is 5.32 Å². The molecule has 0 aromatic carbocycles. The lowest BCUT2D eigenvalue weighted by Gasteiger charge is -2.17. The molecule has 1 rings (SSSR count). The molecule has 0 saturated heterocycles. The number of rotatable bonds is 3. The van der Waals surface area contributed by atoms with E-state index in [0.29, 0.717) is 6.42 Å². The van der Waals surface area contributed by atoms with Gasteiger partial charge in [0.2, 0.25) is 5.91 Å². The molecular formula is C12H17NO2. The molecule has 3 heteroatoms. The maximum absolute atomic E-state index is 11.0. The first-order chi connectivity index (χ1) is 7.10. The Morgan fingerprint density at radius 1 is 1.67 bits per heavy atom. The van der Waals surface area contributed by atoms with Gasteiger partial charge in [0.05, 0.1) is 12.1 Å². The van der Waals surface area contributed by atoms with Gasteiger partial charge in [-0.2, -0.15) is 0 Å². The van der Waals surface area contributed by atoms with Gasteiger partial charge in [-0.3, -0.25) is 4.79 Å². The number of hydrogen-bond acceptors (Lipinski definition) is 2. The Hall–Kier alpha value is -1.35. The second-order valence-corrected chi connectivity index (χ2v) is 3.63. The van der Waals surface area contributed by atoms with E-state index in [9.17, 15) is 9.90 Å². The highest BCUT2D eigenvalue weighted by atomic mass is 16.3. The van der Waals surface area contributed by atoms with E-state index in [4.69, 9.17) is 0 Å². The van der Waals surface area contributed by atoms with Crippen LogP contribution in [0.5, 0.6) is 0 Å². The molecule has 1 aliphatic carbocycles. The Bertz CT molecular complexity index is 329. The fraction of sp³-hybridized carbons (Fsp3) is 0.417. The molecule has 2 unspecified atom stereocenters. The van der Waals surface area contributed by atoms with Crippen molar-refractivity contribution in [2.75, 3.05) is 0 Å². The third kappa shape index (κ3) is 2.57. The Morgan fingerprint density at radius 2 is 2.33 bits per heavy atom. The smallest absolute Gasteiger partial charge is 0.217 e. The summed E-state index contributed by atoms with van der Waals surface area (Å²) in [7, 11) is 0. The molecule has 1 aliphatic rings. The first kappa shape index (κ1) is 11.7. The molecule has 0 fully saturated rings. The van der Waals surface area contributed by atoms with Crippen LogP contribution in [0.2, 0.25) is 0 Å². The molecule has 0 bridgehead atoms. The standard InChI is InChI=1S/C12H17NO2/c1-4-6-9-7-11(15)12(10(9)5-2)13-8(3)14/h4-6,11-12,15H,2,7H2,1,3H3,(H,13,14)/b6-4-. The maximum atomic E-state index is 11.0. The second kappa shape index (κ2) is 4.94. The molecule has 0 heterocycles. The van der Waals surface area contributed by atoms with E-state index in [1.807, 2.05) is 19.1 Å². The Morgan fingerprint density at radius 3 is 2.80 bits per heavy atom. The number of carbonyl (C=O) groups excluding carboxylic acids is 1. The highest BCUT2D eigenvalue weighted by Crippen LogP contribution is 2.28. The van der Waals surface area contributed by atoms with Crippen LogP contribution in [-0.2, 0) is 4.79 Å². The molecule has 0 spiro atoms. The number of nitrogens with one attached hydrogen (secondary N) is 1. The summed E-state index contributed by atoms with van der Waals surface area (Å²) in [6.07, 6.45) is 5.58. The highest BCUT2D eigenvalue weighted by Gasteiger charge is 2.31. The molecule has 0 radical (unpaired) electrons. The molecule has 2 N–H and O–H groups in total. The largest absolute Gasteiger partial charge is 0.390 e. The Kier molecular flexibility index (Phi) is 3.86. The number of allylic oxidation sites excluding steroid dienone is 2. The fourth-order valence-corrected chi connectivity index (χ4v) is 1.88. The van der Waals surface area contributed by atoms with Crippen molar-refractivity contribution in [3.8, 4) is 0 Å². The molecular weight excluding hydrogens is 190 g/mol. The molecule has 1 amide bonds. The number of carbonyl (C=O) groups is 1. The summed E-state index contributed by atoms with van der Waals surface area (Å²) in [4.78, 5) is 11.0. The van der Waals surface area contributed by atoms with E-state index in [0.717, 1.165) is 11.1 Å². The van der Waals surface area contributed by atoms with Gasteiger partial charge in [-0.1, -0.05) is 24.8 Å². The summed E-state index contributed by atoms with van der Waals surface area (Å²) in [5.74, 6) is -0.139. The van der Waals surface area contributed by atoms with Gasteiger partial charge in [-0.05, 0) is 18.1 Å². The van der Waals surface area contributed by atoms with Crippen LogP contribution in [0.15, 0.2) is 36.0 Å². The second-order valence-electron chi connectivity index (χ2n) is 3.63. The normalized spacial score (nSPS) is 26.1. The van der Waals surface area contributed by atoms with Crippen molar-refractivity contribution >= 4 is 5.91 Å². The average Bonchev–Trinajstić information content (AvgIpc) is 2.43. The van der Waals surface area contributed by atoms with Crippen LogP contribution in [0.4, 0.5) is 0 Å². The number of amides is 1. The van der Waals surface area contributed by atoms with Gasteiger partial charge < -0.3 is 10.4 Å². The van der Waals surface area contributed by atoms with Gasteiger partial charge in [0.1, 0.15) is 0 Å². The van der Waals surface area contributed by atoms with E-state index in [1.165, 1.54) is 6.92 Å². The summed E-state index contributed by atoms with van der Waals surface area (Å²) in [5, 5.41) is 12.5. The SMILES string of the molecule is C=CC1=C(/C=C\C)CC(O)C1NC(C)=O. The predicted molar refractivity (Wildman–Crippen MR) is 60.3 cm³/mol. The minimum absolute atomic E-state index is 0.139. The molecule has 0 saturated carbocycles. The summed E-state index contributed by atoms with van der Waals surface area (Å²) < 4.78 is 0. The van der Waals surface area contributed by atoms with Crippen LogP contribution in [0.25, 0.3) is 0 Å². The third-order valence-corrected chi connectivity index (χ3v) is 2.47. The average molecular weight is 207 g/mol. The van der Waals surface area contributed by atoms with Crippen LogP contribution in [0.3, 0.4) is 0 Å². The lowest BCUT2D eigenvalue weighted by Crippen LogP contribution is -2.40. The minimum Gasteiger partial charge on any atom is -0.390 e. The van der Waals surface area contributed by atoms with Gasteiger partial charge in [-0.25, -0.2) is 0 Å². The monoisotopic (exact) mass is 207 g/mol. The molecule has 15 heavy (non-hydrogen) atoms. The van der Waals surface area contributed by atoms with Gasteiger partial charge in [0.25, 0.3) is 0 Å². The molecule has 2 atom stereocenters. The zero-order chi connectivity index (χ0) is 11.4. The minimum atomic E-state index is -0.548. The van der Waals surface area contributed by atoms with Crippen LogP contribution >= 0.6 is 0 Å². The van der Waals surface area contributed by atoms with Gasteiger partial charge >= 0.3 is 0 Å². The van der Waals surface area contributed by atoms with E-state index in [-0.39, 0.29) is 11.9 Å². The molecule has 0 aliphatic heterocycles. The Balaban J connectivity index is 2.95. The van der Waals surface area contributed by atoms with Crippen molar-refractivity contribution in [2.45, 2.75) is 32.4 Å². The van der Waals surface area contributed by atoms with E-state index >= 15 is 0 Å². The van der Waals surface area contributed by atoms with Gasteiger partial charge in [0, 0.05) is 13.3 Å². The Labute approximate surface area is 90.2 Å². The quantitative estimate of drug-likeness (QED) is 0.733. The van der Waals surface area contributed by atoms with E-state index in [1.54, 1.807) is 6.08 Å². The van der Waals surface area contributed by atoms with Crippen molar-refractivity contribution in [2.24, 2.45) is 0 Å². The van der Waals surface area contributed by atoms with Gasteiger partial charge in [-0.15, -0.1) is 0 Å². The lowest BCUT2D eigenvalue weighted by atomic mass is 10.1. The summed E-state index contributed by atoms with van der Waals surface area (Å²) in [6.45, 7) is 7.08. The lowest BCUT2D eigenvalue weighted by molar-refractivity contribution is -0.120. The van der Waals surface area contributed by atoms with Crippen molar-refractivity contribution in [3.05, 3.63) is 36.0 Å². The van der Waals surface area contributed by atoms with Gasteiger partial charge in [0.15, 0.2) is 0 Å². The summed E-state index contributed by atoms with van der Waals surface area (Å²) >= 11 is 0. The first-order valence-corrected chi connectivity index (χ1v) is 5.03. The highest BCUT2D eigenvalue weighted by molar-refractivity contribution is 5.74. The van der Waals surface area contributed by atoms with Crippen molar-refractivity contribution in [1.29, 1.82) is 0 Å². The number of aliphatic hydroxyl groups excluding tert-OH is 1. The van der Waals surface area contributed by atoms with Crippen LogP contribution in [-0.4, -0.2) is 23.2 Å². The zero-order valence-corrected chi connectivity index (χ0v) is 9.16. The zero-order valence-electron chi connectivity index (χ0n) is 9.16.